The quantitative estimate of drug-likeness (QED) is 0.859. The number of nitrogens with one attached hydrogen (secondary N) is 1. The highest BCUT2D eigenvalue weighted by Gasteiger charge is 2.22. The molecule has 0 bridgehead atoms. The smallest absolute Gasteiger partial charge is 0.325 e. The van der Waals surface area contributed by atoms with Gasteiger partial charge in [0.25, 0.3) is 5.91 Å². The average molecular weight is 277 g/mol. The van der Waals surface area contributed by atoms with Gasteiger partial charge in [-0.3, -0.25) is 9.59 Å². The molecule has 20 heavy (non-hydrogen) atoms. The molecule has 1 atom stereocenters. The minimum Gasteiger partial charge on any atom is -0.493 e. The molecule has 1 aromatic rings. The zero-order valence-electron chi connectivity index (χ0n) is 11.2. The van der Waals surface area contributed by atoms with E-state index in [-0.39, 0.29) is 6.61 Å². The molecule has 0 saturated heterocycles. The third-order valence-electron chi connectivity index (χ3n) is 2.94. The molecule has 0 radical (unpaired) electrons. The van der Waals surface area contributed by atoms with Crippen molar-refractivity contribution in [2.45, 2.75) is 13.0 Å². The summed E-state index contributed by atoms with van der Waals surface area (Å²) >= 11 is 0. The average Bonchev–Trinajstić information content (AvgIpc) is 2.45. The SMILES string of the molecule is COc1cccc2c1OCC(C(=O)NC(C)C(=O)O)=C2. The number of benzene rings is 1. The van der Waals surface area contributed by atoms with Gasteiger partial charge in [0.2, 0.25) is 0 Å². The van der Waals surface area contributed by atoms with E-state index in [1.165, 1.54) is 6.92 Å². The van der Waals surface area contributed by atoms with Crippen molar-refractivity contribution in [3.63, 3.8) is 0 Å². The van der Waals surface area contributed by atoms with E-state index in [1.54, 1.807) is 31.4 Å². The molecular weight excluding hydrogens is 262 g/mol. The van der Waals surface area contributed by atoms with Crippen molar-refractivity contribution < 1.29 is 24.2 Å². The summed E-state index contributed by atoms with van der Waals surface area (Å²) in [6.45, 7) is 1.48. The van der Waals surface area contributed by atoms with Crippen molar-refractivity contribution in [1.82, 2.24) is 5.32 Å². The van der Waals surface area contributed by atoms with Crippen molar-refractivity contribution in [2.24, 2.45) is 0 Å². The molecule has 1 aliphatic rings. The molecule has 0 aliphatic carbocycles. The van der Waals surface area contributed by atoms with Crippen LogP contribution in [-0.2, 0) is 9.59 Å². The van der Waals surface area contributed by atoms with Crippen LogP contribution < -0.4 is 14.8 Å². The van der Waals surface area contributed by atoms with Crippen molar-refractivity contribution in [3.05, 3.63) is 29.3 Å². The lowest BCUT2D eigenvalue weighted by molar-refractivity contribution is -0.140. The number of amides is 1. The zero-order valence-corrected chi connectivity index (χ0v) is 11.2. The van der Waals surface area contributed by atoms with E-state index < -0.39 is 17.9 Å². The molecule has 0 aromatic heterocycles. The number of fused-ring (bicyclic) bond motifs is 1. The van der Waals surface area contributed by atoms with Gasteiger partial charge in [-0.15, -0.1) is 0 Å². The summed E-state index contributed by atoms with van der Waals surface area (Å²) in [5.41, 5.74) is 1.10. The van der Waals surface area contributed by atoms with Crippen molar-refractivity contribution >= 4 is 18.0 Å². The number of hydrogen-bond donors (Lipinski definition) is 2. The molecule has 1 heterocycles. The molecule has 106 valence electrons. The molecule has 6 nitrogen and oxygen atoms in total. The Balaban J connectivity index is 2.21. The highest BCUT2D eigenvalue weighted by Crippen LogP contribution is 2.35. The van der Waals surface area contributed by atoms with Gasteiger partial charge < -0.3 is 19.9 Å². The van der Waals surface area contributed by atoms with E-state index in [4.69, 9.17) is 14.6 Å². The Labute approximate surface area is 116 Å². The Kier molecular flexibility index (Phi) is 3.93. The molecule has 0 spiro atoms. The Hall–Kier alpha value is -2.50. The highest BCUT2D eigenvalue weighted by atomic mass is 16.5. The molecular formula is C14H15NO5. The van der Waals surface area contributed by atoms with E-state index in [0.717, 1.165) is 5.56 Å². The van der Waals surface area contributed by atoms with Gasteiger partial charge in [-0.2, -0.15) is 0 Å². The van der Waals surface area contributed by atoms with Gasteiger partial charge in [0.1, 0.15) is 12.6 Å². The summed E-state index contributed by atoms with van der Waals surface area (Å²) in [7, 11) is 1.54. The third-order valence-corrected chi connectivity index (χ3v) is 2.94. The Morgan fingerprint density at radius 2 is 2.20 bits per heavy atom. The summed E-state index contributed by atoms with van der Waals surface area (Å²) in [6.07, 6.45) is 1.67. The van der Waals surface area contributed by atoms with Crippen LogP contribution >= 0.6 is 0 Å². The maximum Gasteiger partial charge on any atom is 0.325 e. The molecule has 2 N–H and O–H groups in total. The molecule has 2 rings (SSSR count). The lowest BCUT2D eigenvalue weighted by Gasteiger charge is -2.20. The third kappa shape index (κ3) is 2.74. The van der Waals surface area contributed by atoms with E-state index in [1.807, 2.05) is 0 Å². The van der Waals surface area contributed by atoms with Crippen LogP contribution in [0.25, 0.3) is 6.08 Å². The lowest BCUT2D eigenvalue weighted by atomic mass is 10.1. The number of carboxylic acids is 1. The second-order valence-corrected chi connectivity index (χ2v) is 4.37. The lowest BCUT2D eigenvalue weighted by Crippen LogP contribution is -2.40. The van der Waals surface area contributed by atoms with Gasteiger partial charge in [-0.05, 0) is 19.1 Å². The Morgan fingerprint density at radius 1 is 1.45 bits per heavy atom. The Morgan fingerprint density at radius 3 is 2.85 bits per heavy atom. The molecule has 1 aliphatic heterocycles. The van der Waals surface area contributed by atoms with E-state index in [0.29, 0.717) is 17.1 Å². The van der Waals surface area contributed by atoms with Crippen molar-refractivity contribution in [3.8, 4) is 11.5 Å². The fourth-order valence-corrected chi connectivity index (χ4v) is 1.82. The van der Waals surface area contributed by atoms with Gasteiger partial charge in [-0.25, -0.2) is 0 Å². The maximum absolute atomic E-state index is 11.9. The number of carbonyl (C=O) groups excluding carboxylic acids is 1. The normalized spacial score (nSPS) is 14.4. The van der Waals surface area contributed by atoms with Gasteiger partial charge >= 0.3 is 5.97 Å². The van der Waals surface area contributed by atoms with Crippen molar-refractivity contribution in [1.29, 1.82) is 0 Å². The molecule has 0 saturated carbocycles. The number of aliphatic carboxylic acids is 1. The number of carbonyl (C=O) groups is 2. The van der Waals surface area contributed by atoms with Crippen LogP contribution in [0.2, 0.25) is 0 Å². The standard InChI is InChI=1S/C14H15NO5/c1-8(14(17)18)15-13(16)10-6-9-4-3-5-11(19-2)12(9)20-7-10/h3-6,8H,7H2,1-2H3,(H,15,16)(H,17,18). The topological polar surface area (TPSA) is 84.9 Å². The molecule has 6 heteroatoms. The second-order valence-electron chi connectivity index (χ2n) is 4.37. The van der Waals surface area contributed by atoms with E-state index in [2.05, 4.69) is 5.32 Å². The van der Waals surface area contributed by atoms with Crippen LogP contribution in [0.4, 0.5) is 0 Å². The molecule has 1 aromatic carbocycles. The van der Waals surface area contributed by atoms with Gasteiger partial charge in [-0.1, -0.05) is 12.1 Å². The first-order valence-corrected chi connectivity index (χ1v) is 6.07. The fraction of sp³-hybridized carbons (Fsp3) is 0.286. The predicted octanol–water partition coefficient (Wildman–Crippen LogP) is 1.06. The number of hydrogen-bond acceptors (Lipinski definition) is 4. The monoisotopic (exact) mass is 277 g/mol. The van der Waals surface area contributed by atoms with Crippen LogP contribution in [0.3, 0.4) is 0 Å². The number of ether oxygens (including phenoxy) is 2. The van der Waals surface area contributed by atoms with E-state index >= 15 is 0 Å². The maximum atomic E-state index is 11.9. The predicted molar refractivity (Wildman–Crippen MR) is 71.7 cm³/mol. The van der Waals surface area contributed by atoms with E-state index in [9.17, 15) is 9.59 Å². The molecule has 0 fully saturated rings. The summed E-state index contributed by atoms with van der Waals surface area (Å²) < 4.78 is 10.7. The van der Waals surface area contributed by atoms with Crippen molar-refractivity contribution in [2.75, 3.05) is 13.7 Å². The summed E-state index contributed by atoms with van der Waals surface area (Å²) in [5, 5.41) is 11.2. The highest BCUT2D eigenvalue weighted by molar-refractivity contribution is 6.00. The first-order valence-electron chi connectivity index (χ1n) is 6.07. The number of methoxy groups -OCH3 is 1. The fourth-order valence-electron chi connectivity index (χ4n) is 1.82. The zero-order chi connectivity index (χ0) is 14.7. The molecule has 1 amide bonds. The van der Waals surface area contributed by atoms with Crippen LogP contribution in [-0.4, -0.2) is 36.7 Å². The van der Waals surface area contributed by atoms with Crippen LogP contribution in [0.1, 0.15) is 12.5 Å². The minimum atomic E-state index is -1.09. The number of carboxylic acid groups (broad SMARTS) is 1. The first kappa shape index (κ1) is 13.9. The largest absolute Gasteiger partial charge is 0.493 e. The Bertz CT molecular complexity index is 579. The van der Waals surface area contributed by atoms with Crippen LogP contribution in [0, 0.1) is 0 Å². The summed E-state index contributed by atoms with van der Waals surface area (Å²) in [4.78, 5) is 22.6. The van der Waals surface area contributed by atoms with Crippen LogP contribution in [0.15, 0.2) is 23.8 Å². The van der Waals surface area contributed by atoms with Gasteiger partial charge in [0.15, 0.2) is 11.5 Å². The second kappa shape index (κ2) is 5.64. The summed E-state index contributed by atoms with van der Waals surface area (Å²) in [6, 6.07) is 4.41. The molecule has 1 unspecified atom stereocenters. The van der Waals surface area contributed by atoms with Gasteiger partial charge in [0.05, 0.1) is 12.7 Å². The number of para-hydroxylation sites is 1. The summed E-state index contributed by atoms with van der Waals surface area (Å²) in [5.74, 6) is -0.360. The first-order chi connectivity index (χ1) is 9.52. The minimum absolute atomic E-state index is 0.0749. The number of rotatable bonds is 4. The van der Waals surface area contributed by atoms with Gasteiger partial charge in [0, 0.05) is 5.56 Å². The van der Waals surface area contributed by atoms with Crippen LogP contribution in [0.5, 0.6) is 11.5 Å².